The van der Waals surface area contributed by atoms with E-state index in [0.717, 1.165) is 22.3 Å². The van der Waals surface area contributed by atoms with Crippen molar-refractivity contribution in [3.8, 4) is 17.2 Å². The number of aryl methyl sites for hydroxylation is 3. The zero-order valence-electron chi connectivity index (χ0n) is 10.6. The van der Waals surface area contributed by atoms with Crippen molar-refractivity contribution >= 4 is 11.6 Å². The molecule has 2 nitrogen and oxygen atoms in total. The standard InChI is InChI=1S/C15H13ClN2/c1-9-6-10(2)14(11(3)7-9)12-4-5-18-15(16)13(12)8-17/h4-7H,1-3H3. The largest absolute Gasteiger partial charge is 0.243 e. The smallest absolute Gasteiger partial charge is 0.147 e. The second-order valence-corrected chi connectivity index (χ2v) is 4.77. The first-order valence-corrected chi connectivity index (χ1v) is 6.05. The van der Waals surface area contributed by atoms with Crippen LogP contribution in [0.25, 0.3) is 11.1 Å². The zero-order chi connectivity index (χ0) is 13.3. The maximum Gasteiger partial charge on any atom is 0.147 e. The molecule has 0 saturated carbocycles. The lowest BCUT2D eigenvalue weighted by Gasteiger charge is -2.13. The Labute approximate surface area is 112 Å². The van der Waals surface area contributed by atoms with Gasteiger partial charge < -0.3 is 0 Å². The van der Waals surface area contributed by atoms with E-state index in [2.05, 4.69) is 30.1 Å². The minimum Gasteiger partial charge on any atom is -0.243 e. The van der Waals surface area contributed by atoms with E-state index in [9.17, 15) is 5.26 Å². The van der Waals surface area contributed by atoms with E-state index in [1.54, 1.807) is 6.20 Å². The average Bonchev–Trinajstić information content (AvgIpc) is 2.27. The van der Waals surface area contributed by atoms with Crippen molar-refractivity contribution in [3.63, 3.8) is 0 Å². The molecular weight excluding hydrogens is 244 g/mol. The number of hydrogen-bond acceptors (Lipinski definition) is 2. The second-order valence-electron chi connectivity index (χ2n) is 4.41. The van der Waals surface area contributed by atoms with Crippen LogP contribution in [0.3, 0.4) is 0 Å². The van der Waals surface area contributed by atoms with E-state index < -0.39 is 0 Å². The van der Waals surface area contributed by atoms with Crippen LogP contribution in [0.1, 0.15) is 22.3 Å². The maximum absolute atomic E-state index is 9.22. The molecular formula is C15H13ClN2. The van der Waals surface area contributed by atoms with Crippen molar-refractivity contribution < 1.29 is 0 Å². The summed E-state index contributed by atoms with van der Waals surface area (Å²) < 4.78 is 0. The molecule has 1 aromatic carbocycles. The fourth-order valence-electron chi connectivity index (χ4n) is 2.36. The van der Waals surface area contributed by atoms with E-state index in [1.165, 1.54) is 5.56 Å². The Bertz CT molecular complexity index is 631. The van der Waals surface area contributed by atoms with Crippen molar-refractivity contribution in [2.75, 3.05) is 0 Å². The quantitative estimate of drug-likeness (QED) is 0.717. The van der Waals surface area contributed by atoms with Crippen LogP contribution in [0.15, 0.2) is 24.4 Å². The third-order valence-electron chi connectivity index (χ3n) is 2.96. The fraction of sp³-hybridized carbons (Fsp3) is 0.200. The molecule has 0 saturated heterocycles. The van der Waals surface area contributed by atoms with E-state index >= 15 is 0 Å². The highest BCUT2D eigenvalue weighted by Gasteiger charge is 2.13. The number of rotatable bonds is 1. The van der Waals surface area contributed by atoms with Crippen molar-refractivity contribution in [2.45, 2.75) is 20.8 Å². The van der Waals surface area contributed by atoms with Crippen LogP contribution < -0.4 is 0 Å². The van der Waals surface area contributed by atoms with Crippen LogP contribution in [-0.2, 0) is 0 Å². The van der Waals surface area contributed by atoms with E-state index in [0.29, 0.717) is 5.56 Å². The van der Waals surface area contributed by atoms with Crippen LogP contribution >= 0.6 is 11.6 Å². The maximum atomic E-state index is 9.22. The Morgan fingerprint density at radius 3 is 2.33 bits per heavy atom. The minimum absolute atomic E-state index is 0.259. The van der Waals surface area contributed by atoms with Crippen LogP contribution in [0, 0.1) is 32.1 Å². The third-order valence-corrected chi connectivity index (χ3v) is 3.25. The van der Waals surface area contributed by atoms with Gasteiger partial charge >= 0.3 is 0 Å². The SMILES string of the molecule is Cc1cc(C)c(-c2ccnc(Cl)c2C#N)c(C)c1. The van der Waals surface area contributed by atoms with Crippen LogP contribution in [0.5, 0.6) is 0 Å². The van der Waals surface area contributed by atoms with Gasteiger partial charge in [-0.2, -0.15) is 5.26 Å². The molecule has 0 unspecified atom stereocenters. The molecule has 0 fully saturated rings. The molecule has 0 aliphatic rings. The molecule has 0 aliphatic heterocycles. The van der Waals surface area contributed by atoms with E-state index in [1.807, 2.05) is 19.9 Å². The number of hydrogen-bond donors (Lipinski definition) is 0. The second kappa shape index (κ2) is 4.80. The molecule has 0 atom stereocenters. The number of benzene rings is 1. The van der Waals surface area contributed by atoms with Gasteiger partial charge in [0.1, 0.15) is 11.2 Å². The van der Waals surface area contributed by atoms with Crippen molar-refractivity contribution in [1.82, 2.24) is 4.98 Å². The van der Waals surface area contributed by atoms with Gasteiger partial charge in [0, 0.05) is 11.8 Å². The molecule has 2 aromatic rings. The normalized spacial score (nSPS) is 10.2. The predicted molar refractivity (Wildman–Crippen MR) is 73.6 cm³/mol. The summed E-state index contributed by atoms with van der Waals surface area (Å²) in [4.78, 5) is 3.96. The first-order chi connectivity index (χ1) is 8.54. The number of aromatic nitrogens is 1. The van der Waals surface area contributed by atoms with Gasteiger partial charge in [0.25, 0.3) is 0 Å². The molecule has 90 valence electrons. The molecule has 3 heteroatoms. The summed E-state index contributed by atoms with van der Waals surface area (Å²) >= 11 is 5.98. The molecule has 0 N–H and O–H groups in total. The molecule has 0 aliphatic carbocycles. The number of nitrogens with zero attached hydrogens (tertiary/aromatic N) is 2. The van der Waals surface area contributed by atoms with Gasteiger partial charge in [-0.1, -0.05) is 29.3 Å². The van der Waals surface area contributed by atoms with Crippen molar-refractivity contribution in [2.24, 2.45) is 0 Å². The summed E-state index contributed by atoms with van der Waals surface area (Å²) in [6.45, 7) is 6.16. The first-order valence-electron chi connectivity index (χ1n) is 5.67. The fourth-order valence-corrected chi connectivity index (χ4v) is 2.56. The van der Waals surface area contributed by atoms with Crippen LogP contribution in [0.4, 0.5) is 0 Å². The molecule has 1 heterocycles. The molecule has 1 aromatic heterocycles. The van der Waals surface area contributed by atoms with E-state index in [4.69, 9.17) is 11.6 Å². The Morgan fingerprint density at radius 2 is 1.78 bits per heavy atom. The molecule has 0 amide bonds. The van der Waals surface area contributed by atoms with Crippen LogP contribution in [-0.4, -0.2) is 4.98 Å². The molecule has 18 heavy (non-hydrogen) atoms. The Kier molecular flexibility index (Phi) is 3.36. The highest BCUT2D eigenvalue weighted by molar-refractivity contribution is 6.31. The molecule has 0 bridgehead atoms. The van der Waals surface area contributed by atoms with Crippen molar-refractivity contribution in [3.05, 3.63) is 51.8 Å². The van der Waals surface area contributed by atoms with Crippen LogP contribution in [0.2, 0.25) is 5.15 Å². The molecule has 0 spiro atoms. The summed E-state index contributed by atoms with van der Waals surface area (Å²) in [6, 6.07) is 8.20. The average molecular weight is 257 g/mol. The summed E-state index contributed by atoms with van der Waals surface area (Å²) in [6.07, 6.45) is 1.64. The van der Waals surface area contributed by atoms with Gasteiger partial charge in [0.05, 0.1) is 5.56 Å². The van der Waals surface area contributed by atoms with Gasteiger partial charge in [-0.3, -0.25) is 0 Å². The monoisotopic (exact) mass is 256 g/mol. The highest BCUT2D eigenvalue weighted by atomic mass is 35.5. The molecule has 0 radical (unpaired) electrons. The van der Waals surface area contributed by atoms with Gasteiger partial charge in [0.2, 0.25) is 0 Å². The summed E-state index contributed by atoms with van der Waals surface area (Å²) in [5, 5.41) is 9.48. The van der Waals surface area contributed by atoms with Gasteiger partial charge in [0.15, 0.2) is 0 Å². The summed E-state index contributed by atoms with van der Waals surface area (Å²) in [5.74, 6) is 0. The lowest BCUT2D eigenvalue weighted by molar-refractivity contribution is 1.27. The minimum atomic E-state index is 0.259. The lowest BCUT2D eigenvalue weighted by atomic mass is 9.92. The molecule has 2 rings (SSSR count). The topological polar surface area (TPSA) is 36.7 Å². The van der Waals surface area contributed by atoms with E-state index in [-0.39, 0.29) is 5.15 Å². The zero-order valence-corrected chi connectivity index (χ0v) is 11.3. The highest BCUT2D eigenvalue weighted by Crippen LogP contribution is 2.32. The summed E-state index contributed by atoms with van der Waals surface area (Å²) in [7, 11) is 0. The lowest BCUT2D eigenvalue weighted by Crippen LogP contribution is -1.94. The first kappa shape index (κ1) is 12.6. The number of pyridine rings is 1. The Hall–Kier alpha value is -1.85. The van der Waals surface area contributed by atoms with Gasteiger partial charge in [-0.05, 0) is 43.5 Å². The Balaban J connectivity index is 2.79. The van der Waals surface area contributed by atoms with Gasteiger partial charge in [-0.25, -0.2) is 4.98 Å². The number of nitriles is 1. The van der Waals surface area contributed by atoms with Gasteiger partial charge in [-0.15, -0.1) is 0 Å². The number of halogens is 1. The third kappa shape index (κ3) is 2.10. The van der Waals surface area contributed by atoms with Crippen molar-refractivity contribution in [1.29, 1.82) is 5.26 Å². The Morgan fingerprint density at radius 1 is 1.17 bits per heavy atom. The summed E-state index contributed by atoms with van der Waals surface area (Å²) in [5.41, 5.74) is 5.87. The predicted octanol–water partition coefficient (Wildman–Crippen LogP) is 4.20.